The molecule has 174 valence electrons. The average Bonchev–Trinajstić information content (AvgIpc) is 3.27. The summed E-state index contributed by atoms with van der Waals surface area (Å²) in [6.07, 6.45) is 8.35. The predicted octanol–water partition coefficient (Wildman–Crippen LogP) is 3.18. The van der Waals surface area contributed by atoms with E-state index < -0.39 is 0 Å². The molecule has 0 aromatic heterocycles. The maximum atomic E-state index is 12.7. The van der Waals surface area contributed by atoms with Gasteiger partial charge in [-0.05, 0) is 43.2 Å². The van der Waals surface area contributed by atoms with E-state index in [9.17, 15) is 14.4 Å². The maximum absolute atomic E-state index is 12.7. The molecule has 0 spiro atoms. The van der Waals surface area contributed by atoms with Crippen molar-refractivity contribution in [3.8, 4) is 0 Å². The number of hydrogen-bond acceptors (Lipinski definition) is 3. The van der Waals surface area contributed by atoms with Crippen LogP contribution in [0.5, 0.6) is 0 Å². The molecule has 0 bridgehead atoms. The van der Waals surface area contributed by atoms with E-state index in [4.69, 9.17) is 0 Å². The first-order valence-electron chi connectivity index (χ1n) is 12.3. The maximum Gasteiger partial charge on any atom is 0.315 e. The van der Waals surface area contributed by atoms with E-state index in [1.54, 1.807) is 0 Å². The molecule has 2 N–H and O–H groups in total. The first kappa shape index (κ1) is 22.6. The number of carbonyl (C=O) groups excluding carboxylic acids is 3. The van der Waals surface area contributed by atoms with Crippen LogP contribution in [0.4, 0.5) is 4.79 Å². The number of hydrogen-bond donors (Lipinski definition) is 2. The van der Waals surface area contributed by atoms with Crippen LogP contribution in [0.1, 0.15) is 68.9 Å². The fourth-order valence-electron chi connectivity index (χ4n) is 5.20. The van der Waals surface area contributed by atoms with Gasteiger partial charge in [-0.3, -0.25) is 9.59 Å². The number of benzene rings is 1. The highest BCUT2D eigenvalue weighted by molar-refractivity contribution is 5.79. The zero-order chi connectivity index (χ0) is 22.3. The van der Waals surface area contributed by atoms with Crippen molar-refractivity contribution < 1.29 is 14.4 Å². The molecule has 1 saturated carbocycles. The van der Waals surface area contributed by atoms with E-state index in [0.717, 1.165) is 38.8 Å². The second kappa shape index (κ2) is 10.8. The van der Waals surface area contributed by atoms with E-state index >= 15 is 0 Å². The van der Waals surface area contributed by atoms with Crippen LogP contribution >= 0.6 is 0 Å². The van der Waals surface area contributed by atoms with E-state index in [1.807, 2.05) is 21.9 Å². The molecule has 7 heteroatoms. The first-order valence-corrected chi connectivity index (χ1v) is 12.3. The van der Waals surface area contributed by atoms with Gasteiger partial charge in [0.15, 0.2) is 0 Å². The summed E-state index contributed by atoms with van der Waals surface area (Å²) >= 11 is 0. The average molecular weight is 441 g/mol. The number of likely N-dealkylation sites (tertiary alicyclic amines) is 1. The van der Waals surface area contributed by atoms with Crippen molar-refractivity contribution in [1.29, 1.82) is 0 Å². The molecule has 4 amide bonds. The summed E-state index contributed by atoms with van der Waals surface area (Å²) in [4.78, 5) is 41.2. The van der Waals surface area contributed by atoms with E-state index in [1.165, 1.54) is 30.4 Å². The molecule has 3 aliphatic rings. The van der Waals surface area contributed by atoms with Crippen LogP contribution < -0.4 is 10.6 Å². The van der Waals surface area contributed by atoms with Crippen LogP contribution in [-0.4, -0.2) is 53.3 Å². The van der Waals surface area contributed by atoms with E-state index in [2.05, 4.69) is 22.8 Å². The Labute approximate surface area is 190 Å². The Hall–Kier alpha value is -2.57. The van der Waals surface area contributed by atoms with Crippen molar-refractivity contribution in [1.82, 2.24) is 20.4 Å². The summed E-state index contributed by atoms with van der Waals surface area (Å²) in [6.45, 7) is 3.31. The van der Waals surface area contributed by atoms with Crippen molar-refractivity contribution in [3.05, 3.63) is 35.4 Å². The molecule has 1 aliphatic carbocycles. The molecule has 32 heavy (non-hydrogen) atoms. The van der Waals surface area contributed by atoms with Crippen LogP contribution in [0.15, 0.2) is 24.3 Å². The number of amides is 4. The number of fused-ring (bicyclic) bond motifs is 1. The molecule has 0 atom stereocenters. The van der Waals surface area contributed by atoms with Crippen LogP contribution in [-0.2, 0) is 22.7 Å². The molecular weight excluding hydrogens is 404 g/mol. The Balaban J connectivity index is 1.08. The SMILES string of the molecule is O=C(NCCCC(=O)N1Cc2ccccc2C1)NC1CCN(C(=O)C2CCCCC2)CC1. The van der Waals surface area contributed by atoms with Crippen LogP contribution in [0.3, 0.4) is 0 Å². The van der Waals surface area contributed by atoms with Crippen LogP contribution in [0.2, 0.25) is 0 Å². The van der Waals surface area contributed by atoms with Gasteiger partial charge in [0.2, 0.25) is 11.8 Å². The Morgan fingerprint density at radius 2 is 1.53 bits per heavy atom. The monoisotopic (exact) mass is 440 g/mol. The lowest BCUT2D eigenvalue weighted by Crippen LogP contribution is -2.50. The summed E-state index contributed by atoms with van der Waals surface area (Å²) in [5.41, 5.74) is 2.45. The third-order valence-corrected chi connectivity index (χ3v) is 7.14. The van der Waals surface area contributed by atoms with Crippen molar-refractivity contribution in [2.75, 3.05) is 19.6 Å². The lowest BCUT2D eigenvalue weighted by molar-refractivity contribution is -0.137. The Morgan fingerprint density at radius 3 is 2.19 bits per heavy atom. The summed E-state index contributed by atoms with van der Waals surface area (Å²) in [5.74, 6) is 0.672. The molecular formula is C25H36N4O3. The number of nitrogens with zero attached hydrogens (tertiary/aromatic N) is 2. The van der Waals surface area contributed by atoms with Crippen molar-refractivity contribution in [2.24, 2.45) is 5.92 Å². The van der Waals surface area contributed by atoms with Crippen molar-refractivity contribution >= 4 is 17.8 Å². The third kappa shape index (κ3) is 5.81. The minimum atomic E-state index is -0.178. The Kier molecular flexibility index (Phi) is 7.66. The van der Waals surface area contributed by atoms with Gasteiger partial charge in [-0.2, -0.15) is 0 Å². The van der Waals surface area contributed by atoms with Crippen molar-refractivity contribution in [3.63, 3.8) is 0 Å². The van der Waals surface area contributed by atoms with Gasteiger partial charge >= 0.3 is 6.03 Å². The Morgan fingerprint density at radius 1 is 0.875 bits per heavy atom. The highest BCUT2D eigenvalue weighted by atomic mass is 16.2. The topological polar surface area (TPSA) is 81.8 Å². The summed E-state index contributed by atoms with van der Waals surface area (Å²) in [6, 6.07) is 8.09. The van der Waals surface area contributed by atoms with Crippen LogP contribution in [0, 0.1) is 5.92 Å². The zero-order valence-corrected chi connectivity index (χ0v) is 19.0. The van der Waals surface area contributed by atoms with Gasteiger partial charge in [0.25, 0.3) is 0 Å². The van der Waals surface area contributed by atoms with Gasteiger partial charge in [0.05, 0.1) is 0 Å². The number of nitrogens with one attached hydrogen (secondary N) is 2. The van der Waals surface area contributed by atoms with Gasteiger partial charge < -0.3 is 20.4 Å². The molecule has 1 saturated heterocycles. The van der Waals surface area contributed by atoms with Gasteiger partial charge in [0, 0.05) is 51.1 Å². The smallest absolute Gasteiger partial charge is 0.315 e. The number of piperidine rings is 1. The molecule has 2 aliphatic heterocycles. The highest BCUT2D eigenvalue weighted by Crippen LogP contribution is 2.26. The number of rotatable bonds is 6. The first-order chi connectivity index (χ1) is 15.6. The quantitative estimate of drug-likeness (QED) is 0.667. The molecule has 2 heterocycles. The molecule has 0 radical (unpaired) electrons. The van der Waals surface area contributed by atoms with Gasteiger partial charge in [-0.15, -0.1) is 0 Å². The van der Waals surface area contributed by atoms with Crippen molar-refractivity contribution in [2.45, 2.75) is 76.9 Å². The summed E-state index contributed by atoms with van der Waals surface area (Å²) in [5, 5.41) is 5.91. The summed E-state index contributed by atoms with van der Waals surface area (Å²) in [7, 11) is 0. The molecule has 7 nitrogen and oxygen atoms in total. The largest absolute Gasteiger partial charge is 0.342 e. The Bertz CT molecular complexity index is 788. The second-order valence-electron chi connectivity index (χ2n) is 9.46. The molecule has 2 fully saturated rings. The predicted molar refractivity (Wildman–Crippen MR) is 123 cm³/mol. The van der Waals surface area contributed by atoms with E-state index in [-0.39, 0.29) is 23.9 Å². The van der Waals surface area contributed by atoms with Gasteiger partial charge in [-0.25, -0.2) is 4.79 Å². The molecule has 0 unspecified atom stereocenters. The lowest BCUT2D eigenvalue weighted by Gasteiger charge is -2.35. The van der Waals surface area contributed by atoms with Gasteiger partial charge in [-0.1, -0.05) is 43.5 Å². The normalized spacial score (nSPS) is 19.5. The number of urea groups is 1. The number of carbonyl (C=O) groups is 3. The van der Waals surface area contributed by atoms with E-state index in [0.29, 0.717) is 38.4 Å². The fraction of sp³-hybridized carbons (Fsp3) is 0.640. The van der Waals surface area contributed by atoms with Gasteiger partial charge in [0.1, 0.15) is 0 Å². The minimum Gasteiger partial charge on any atom is -0.342 e. The standard InChI is InChI=1S/C25H36N4O3/c30-23(29-17-20-9-4-5-10-21(20)18-29)11-6-14-26-25(32)27-22-12-15-28(16-13-22)24(31)19-7-2-1-3-8-19/h4-5,9-10,19,22H,1-3,6-8,11-18H2,(H2,26,27,32). The van der Waals surface area contributed by atoms with Crippen LogP contribution in [0.25, 0.3) is 0 Å². The molecule has 1 aromatic carbocycles. The summed E-state index contributed by atoms with van der Waals surface area (Å²) < 4.78 is 0. The molecule has 1 aromatic rings. The highest BCUT2D eigenvalue weighted by Gasteiger charge is 2.29. The third-order valence-electron chi connectivity index (χ3n) is 7.14. The fourth-order valence-corrected chi connectivity index (χ4v) is 5.20. The lowest BCUT2D eigenvalue weighted by atomic mass is 9.87. The minimum absolute atomic E-state index is 0.107. The second-order valence-corrected chi connectivity index (χ2v) is 9.46. The molecule has 4 rings (SSSR count). The zero-order valence-electron chi connectivity index (χ0n) is 19.0.